The molecule has 2 unspecified atom stereocenters. The van der Waals surface area contributed by atoms with E-state index >= 15 is 0 Å². The Kier molecular flexibility index (Phi) is 13.9. The van der Waals surface area contributed by atoms with Gasteiger partial charge in [-0.3, -0.25) is 14.4 Å². The average Bonchev–Trinajstić information content (AvgIpc) is 3.45. The first-order valence-electron chi connectivity index (χ1n) is 17.1. The van der Waals surface area contributed by atoms with E-state index in [0.717, 1.165) is 36.3 Å². The number of aryl methyl sites for hydroxylation is 1. The van der Waals surface area contributed by atoms with Gasteiger partial charge in [0.1, 0.15) is 23.2 Å². The molecule has 0 saturated carbocycles. The van der Waals surface area contributed by atoms with E-state index in [-0.39, 0.29) is 29.8 Å². The first kappa shape index (κ1) is 39.9. The number of nitrogens with zero attached hydrogens (tertiary/aromatic N) is 3. The first-order valence-corrected chi connectivity index (χ1v) is 17.1. The molecule has 1 fully saturated rings. The van der Waals surface area contributed by atoms with Crippen LogP contribution >= 0.6 is 0 Å². The van der Waals surface area contributed by atoms with E-state index in [1.807, 2.05) is 83.3 Å². The molecule has 3 aromatic rings. The zero-order chi connectivity index (χ0) is 37.1. The number of aromatic nitrogens is 2. The number of nitrogens with one attached hydrogen (secondary N) is 2. The van der Waals surface area contributed by atoms with Crippen LogP contribution in [-0.4, -0.2) is 75.0 Å². The molecule has 272 valence electrons. The normalized spacial score (nSPS) is 15.5. The van der Waals surface area contributed by atoms with Crippen LogP contribution in [0.4, 0.5) is 4.79 Å². The zero-order valence-corrected chi connectivity index (χ0v) is 31.1. The number of ether oxygens (including phenoxy) is 2. The third-order valence-corrected chi connectivity index (χ3v) is 8.16. The van der Waals surface area contributed by atoms with Crippen molar-refractivity contribution < 1.29 is 28.7 Å². The molecule has 1 aromatic heterocycles. The van der Waals surface area contributed by atoms with Gasteiger partial charge in [0.05, 0.1) is 25.2 Å². The van der Waals surface area contributed by atoms with Gasteiger partial charge in [-0.05, 0) is 77.8 Å². The third-order valence-electron chi connectivity index (χ3n) is 8.16. The Morgan fingerprint density at radius 1 is 0.960 bits per heavy atom. The van der Waals surface area contributed by atoms with Crippen molar-refractivity contribution in [2.45, 2.75) is 105 Å². The van der Waals surface area contributed by atoms with Crippen molar-refractivity contribution in [1.29, 1.82) is 0 Å². The van der Waals surface area contributed by atoms with Crippen LogP contribution in [0.1, 0.15) is 91.1 Å². The fourth-order valence-corrected chi connectivity index (χ4v) is 5.53. The molecule has 4 rings (SSSR count). The van der Waals surface area contributed by atoms with Crippen LogP contribution in [0.2, 0.25) is 0 Å². The number of carbonyl (C=O) groups is 4. The van der Waals surface area contributed by atoms with Crippen LogP contribution in [0.5, 0.6) is 0 Å². The summed E-state index contributed by atoms with van der Waals surface area (Å²) in [5.41, 5.74) is 1.17. The number of likely N-dealkylation sites (tertiary alicyclic amines) is 1. The van der Waals surface area contributed by atoms with Crippen LogP contribution in [0.15, 0.2) is 73.2 Å². The summed E-state index contributed by atoms with van der Waals surface area (Å²) in [6.45, 7) is 18.1. The summed E-state index contributed by atoms with van der Waals surface area (Å²) >= 11 is 0. The first-order chi connectivity index (χ1) is 23.4. The Morgan fingerprint density at radius 2 is 1.58 bits per heavy atom. The molecular weight excluding hydrogens is 634 g/mol. The lowest BCUT2D eigenvalue weighted by molar-refractivity contribution is -0.136. The van der Waals surface area contributed by atoms with Gasteiger partial charge < -0.3 is 29.6 Å². The maximum atomic E-state index is 13.3. The molecular formula is C39H55N5O6. The van der Waals surface area contributed by atoms with E-state index in [1.54, 1.807) is 27.1 Å². The van der Waals surface area contributed by atoms with Gasteiger partial charge in [-0.15, -0.1) is 0 Å². The van der Waals surface area contributed by atoms with Crippen LogP contribution < -0.4 is 10.6 Å². The highest BCUT2D eigenvalue weighted by Crippen LogP contribution is 2.31. The molecule has 11 heteroatoms. The molecule has 1 aliphatic rings. The van der Waals surface area contributed by atoms with Crippen molar-refractivity contribution in [2.75, 3.05) is 19.7 Å². The predicted molar refractivity (Wildman–Crippen MR) is 193 cm³/mol. The summed E-state index contributed by atoms with van der Waals surface area (Å²) in [7, 11) is 0. The monoisotopic (exact) mass is 689 g/mol. The molecule has 0 aliphatic carbocycles. The van der Waals surface area contributed by atoms with Crippen molar-refractivity contribution in [1.82, 2.24) is 25.1 Å². The molecule has 2 atom stereocenters. The Bertz CT molecular complexity index is 1560. The number of hydrogen-bond donors (Lipinski definition) is 2. The second-order valence-electron chi connectivity index (χ2n) is 15.2. The standard InChI is InChI=1S/C20H30N2O5.C19H25N3O/c1-14(23)16(13-26-12-15-10-8-7-9-11-15)21-17(24)20(5,6)22-18(25)27-19(2,3)4;1-15-12-22(14-20-15)17(16-8-5-4-6-9-16)18(23)21-11-7-10-19(2,3)13-21/h7-11,16H,12-13H2,1-6H3,(H,21,24)(H,22,25);4-6,8-9,12,14,17H,7,10-11,13H2,1-3H3. The molecule has 1 saturated heterocycles. The van der Waals surface area contributed by atoms with Crippen molar-refractivity contribution in [3.05, 3.63) is 90.0 Å². The van der Waals surface area contributed by atoms with Crippen LogP contribution in [0.25, 0.3) is 0 Å². The van der Waals surface area contributed by atoms with Gasteiger partial charge >= 0.3 is 6.09 Å². The Labute approximate surface area is 297 Å². The molecule has 0 bridgehead atoms. The number of hydrogen-bond acceptors (Lipinski definition) is 7. The number of alkyl carbamates (subject to hydrolysis) is 1. The second-order valence-corrected chi connectivity index (χ2v) is 15.2. The van der Waals surface area contributed by atoms with Crippen molar-refractivity contribution in [2.24, 2.45) is 5.41 Å². The van der Waals surface area contributed by atoms with E-state index < -0.39 is 29.2 Å². The number of carbonyl (C=O) groups excluding carboxylic acids is 4. The molecule has 1 aliphatic heterocycles. The fourth-order valence-electron chi connectivity index (χ4n) is 5.53. The van der Waals surface area contributed by atoms with Gasteiger partial charge in [-0.2, -0.15) is 0 Å². The van der Waals surface area contributed by atoms with Crippen LogP contribution in [-0.2, 0) is 30.5 Å². The predicted octanol–water partition coefficient (Wildman–Crippen LogP) is 6.01. The molecule has 2 heterocycles. The van der Waals surface area contributed by atoms with Gasteiger partial charge in [0.2, 0.25) is 11.8 Å². The summed E-state index contributed by atoms with van der Waals surface area (Å²) in [5.74, 6) is -0.567. The van der Waals surface area contributed by atoms with Crippen LogP contribution in [0, 0.1) is 12.3 Å². The van der Waals surface area contributed by atoms with E-state index in [9.17, 15) is 19.2 Å². The molecule has 11 nitrogen and oxygen atoms in total. The highest BCUT2D eigenvalue weighted by atomic mass is 16.6. The van der Waals surface area contributed by atoms with E-state index in [2.05, 4.69) is 29.5 Å². The maximum Gasteiger partial charge on any atom is 0.408 e. The number of Topliss-reactive ketones (excluding diaryl/α,β-unsaturated/α-hetero) is 1. The van der Waals surface area contributed by atoms with Crippen LogP contribution in [0.3, 0.4) is 0 Å². The second kappa shape index (κ2) is 17.4. The van der Waals surface area contributed by atoms with E-state index in [4.69, 9.17) is 9.47 Å². The minimum atomic E-state index is -1.25. The third kappa shape index (κ3) is 12.7. The minimum absolute atomic E-state index is 0.0402. The molecule has 2 aromatic carbocycles. The number of amides is 3. The lowest BCUT2D eigenvalue weighted by atomic mass is 9.84. The summed E-state index contributed by atoms with van der Waals surface area (Å²) in [6, 6.07) is 18.4. The van der Waals surface area contributed by atoms with Gasteiger partial charge in [0.15, 0.2) is 5.78 Å². The zero-order valence-electron chi connectivity index (χ0n) is 31.1. The Balaban J connectivity index is 0.000000273. The molecule has 50 heavy (non-hydrogen) atoms. The molecule has 0 spiro atoms. The van der Waals surface area contributed by atoms with Gasteiger partial charge in [-0.1, -0.05) is 74.5 Å². The molecule has 3 amide bonds. The number of benzene rings is 2. The lowest BCUT2D eigenvalue weighted by Gasteiger charge is -2.39. The minimum Gasteiger partial charge on any atom is -0.444 e. The van der Waals surface area contributed by atoms with Gasteiger partial charge in [-0.25, -0.2) is 9.78 Å². The summed E-state index contributed by atoms with van der Waals surface area (Å²) in [6.07, 6.45) is 5.26. The van der Waals surface area contributed by atoms with Crippen molar-refractivity contribution in [3.8, 4) is 0 Å². The topological polar surface area (TPSA) is 132 Å². The molecule has 2 N–H and O–H groups in total. The number of ketones is 1. The number of piperidine rings is 1. The Morgan fingerprint density at radius 3 is 2.12 bits per heavy atom. The largest absolute Gasteiger partial charge is 0.444 e. The van der Waals surface area contributed by atoms with Gasteiger partial charge in [0.25, 0.3) is 0 Å². The average molecular weight is 690 g/mol. The number of imidazole rings is 1. The lowest BCUT2D eigenvalue weighted by Crippen LogP contribution is -2.58. The quantitative estimate of drug-likeness (QED) is 0.252. The highest BCUT2D eigenvalue weighted by Gasteiger charge is 2.35. The highest BCUT2D eigenvalue weighted by molar-refractivity contribution is 5.93. The maximum absolute atomic E-state index is 13.3. The summed E-state index contributed by atoms with van der Waals surface area (Å²) in [4.78, 5) is 55.9. The Hall–Kier alpha value is -4.51. The van der Waals surface area contributed by atoms with Crippen molar-refractivity contribution >= 4 is 23.7 Å². The number of rotatable bonds is 11. The SMILES string of the molecule is CC(=O)C(COCc1ccccc1)NC(=O)C(C)(C)NC(=O)OC(C)(C)C.Cc1cn(C(C(=O)N2CCCC(C)(C)C2)c2ccccc2)cn1. The fraction of sp³-hybridized carbons (Fsp3) is 0.513. The smallest absolute Gasteiger partial charge is 0.408 e. The summed E-state index contributed by atoms with van der Waals surface area (Å²) in [5, 5.41) is 5.14. The van der Waals surface area contributed by atoms with E-state index in [0.29, 0.717) is 6.61 Å². The summed E-state index contributed by atoms with van der Waals surface area (Å²) < 4.78 is 12.7. The molecule has 0 radical (unpaired) electrons. The van der Waals surface area contributed by atoms with Crippen molar-refractivity contribution in [3.63, 3.8) is 0 Å². The van der Waals surface area contributed by atoms with E-state index in [1.165, 1.54) is 27.2 Å². The van der Waals surface area contributed by atoms with Gasteiger partial charge in [0, 0.05) is 19.3 Å².